The molecule has 2 aromatic rings. The smallest absolute Gasteiger partial charge is 0.354 e. The summed E-state index contributed by atoms with van der Waals surface area (Å²) in [5, 5.41) is 14.3. The molecule has 0 aliphatic heterocycles. The van der Waals surface area contributed by atoms with Crippen LogP contribution >= 0.6 is 0 Å². The van der Waals surface area contributed by atoms with Gasteiger partial charge in [-0.25, -0.2) is 9.78 Å². The highest BCUT2D eigenvalue weighted by Gasteiger charge is 2.12. The number of aromatic carboxylic acids is 1. The molecule has 0 saturated carbocycles. The van der Waals surface area contributed by atoms with Crippen LogP contribution in [0.25, 0.3) is 10.8 Å². The van der Waals surface area contributed by atoms with E-state index >= 15 is 0 Å². The first-order chi connectivity index (χ1) is 9.11. The largest absolute Gasteiger partial charge is 0.477 e. The van der Waals surface area contributed by atoms with E-state index in [0.29, 0.717) is 5.82 Å². The van der Waals surface area contributed by atoms with Crippen LogP contribution in [-0.4, -0.2) is 22.1 Å². The van der Waals surface area contributed by atoms with Gasteiger partial charge in [0.15, 0.2) is 5.69 Å². The van der Waals surface area contributed by atoms with Crippen molar-refractivity contribution in [1.82, 2.24) is 4.98 Å². The van der Waals surface area contributed by atoms with Crippen molar-refractivity contribution >= 4 is 22.6 Å². The van der Waals surface area contributed by atoms with E-state index in [2.05, 4.69) is 24.1 Å². The van der Waals surface area contributed by atoms with Gasteiger partial charge in [0, 0.05) is 11.4 Å². The van der Waals surface area contributed by atoms with Crippen LogP contribution in [0.2, 0.25) is 0 Å². The molecule has 1 atom stereocenters. The average molecular weight is 258 g/mol. The molecule has 2 rings (SSSR count). The van der Waals surface area contributed by atoms with Gasteiger partial charge in [-0.1, -0.05) is 37.6 Å². The van der Waals surface area contributed by atoms with Crippen LogP contribution in [0.4, 0.5) is 5.82 Å². The lowest BCUT2D eigenvalue weighted by Gasteiger charge is -2.15. The summed E-state index contributed by atoms with van der Waals surface area (Å²) in [6.45, 7) is 4.20. The molecule has 0 aliphatic rings. The van der Waals surface area contributed by atoms with Crippen molar-refractivity contribution in [2.75, 3.05) is 5.32 Å². The highest BCUT2D eigenvalue weighted by Crippen LogP contribution is 2.23. The minimum Gasteiger partial charge on any atom is -0.477 e. The Balaban J connectivity index is 2.47. The van der Waals surface area contributed by atoms with Crippen molar-refractivity contribution < 1.29 is 9.90 Å². The number of carboxylic acid groups (broad SMARTS) is 1. The number of hydrogen-bond acceptors (Lipinski definition) is 3. The molecule has 0 amide bonds. The molecular formula is C15H18N2O2. The van der Waals surface area contributed by atoms with Crippen molar-refractivity contribution in [3.05, 3.63) is 36.0 Å². The number of nitrogens with one attached hydrogen (secondary N) is 1. The highest BCUT2D eigenvalue weighted by atomic mass is 16.4. The number of hydrogen-bond donors (Lipinski definition) is 2. The first-order valence-electron chi connectivity index (χ1n) is 6.51. The molecule has 19 heavy (non-hydrogen) atoms. The zero-order chi connectivity index (χ0) is 13.8. The normalized spacial score (nSPS) is 12.3. The lowest BCUT2D eigenvalue weighted by atomic mass is 10.1. The molecule has 1 aromatic heterocycles. The SMILES string of the molecule is CCCC(C)Nc1nc(C(=O)O)cc2ccccc12. The van der Waals surface area contributed by atoms with Crippen molar-refractivity contribution in [2.24, 2.45) is 0 Å². The second kappa shape index (κ2) is 5.69. The van der Waals surface area contributed by atoms with Crippen LogP contribution in [0, 0.1) is 0 Å². The lowest BCUT2D eigenvalue weighted by Crippen LogP contribution is -2.16. The molecule has 1 heterocycles. The van der Waals surface area contributed by atoms with Gasteiger partial charge in [0.05, 0.1) is 0 Å². The Morgan fingerprint density at radius 2 is 2.16 bits per heavy atom. The van der Waals surface area contributed by atoms with Gasteiger partial charge in [-0.05, 0) is 24.8 Å². The van der Waals surface area contributed by atoms with Gasteiger partial charge in [-0.3, -0.25) is 0 Å². The van der Waals surface area contributed by atoms with E-state index < -0.39 is 5.97 Å². The Labute approximate surface area is 112 Å². The Kier molecular flexibility index (Phi) is 4.00. The van der Waals surface area contributed by atoms with Gasteiger partial charge in [0.25, 0.3) is 0 Å². The van der Waals surface area contributed by atoms with Crippen LogP contribution in [0.1, 0.15) is 37.2 Å². The Morgan fingerprint density at radius 3 is 2.84 bits per heavy atom. The molecule has 0 radical (unpaired) electrons. The predicted molar refractivity (Wildman–Crippen MR) is 76.7 cm³/mol. The monoisotopic (exact) mass is 258 g/mol. The molecule has 1 aromatic carbocycles. The summed E-state index contributed by atoms with van der Waals surface area (Å²) in [5.74, 6) is -0.353. The third kappa shape index (κ3) is 3.02. The first kappa shape index (κ1) is 13.3. The molecule has 0 bridgehead atoms. The standard InChI is InChI=1S/C15H18N2O2/c1-3-6-10(2)16-14-12-8-5-4-7-11(12)9-13(17-14)15(18)19/h4-5,7-10H,3,6H2,1-2H3,(H,16,17)(H,18,19). The van der Waals surface area contributed by atoms with Gasteiger partial charge in [-0.2, -0.15) is 0 Å². The number of fused-ring (bicyclic) bond motifs is 1. The van der Waals surface area contributed by atoms with Crippen LogP contribution in [0.3, 0.4) is 0 Å². The fourth-order valence-corrected chi connectivity index (χ4v) is 2.16. The minimum absolute atomic E-state index is 0.0740. The van der Waals surface area contributed by atoms with Crippen LogP contribution in [0.15, 0.2) is 30.3 Å². The van der Waals surface area contributed by atoms with E-state index in [1.807, 2.05) is 24.3 Å². The number of carboxylic acids is 1. The molecular weight excluding hydrogens is 240 g/mol. The molecule has 100 valence electrons. The third-order valence-corrected chi connectivity index (χ3v) is 3.06. The Hall–Kier alpha value is -2.10. The number of carbonyl (C=O) groups is 1. The number of aromatic nitrogens is 1. The Bertz CT molecular complexity index is 596. The molecule has 0 fully saturated rings. The molecule has 1 unspecified atom stereocenters. The first-order valence-corrected chi connectivity index (χ1v) is 6.51. The summed E-state index contributed by atoms with van der Waals surface area (Å²) >= 11 is 0. The zero-order valence-corrected chi connectivity index (χ0v) is 11.2. The third-order valence-electron chi connectivity index (χ3n) is 3.06. The summed E-state index contributed by atoms with van der Waals surface area (Å²) < 4.78 is 0. The van der Waals surface area contributed by atoms with E-state index in [0.717, 1.165) is 23.6 Å². The molecule has 4 nitrogen and oxygen atoms in total. The summed E-state index contributed by atoms with van der Waals surface area (Å²) in [5.41, 5.74) is 0.0740. The maximum Gasteiger partial charge on any atom is 0.354 e. The number of benzene rings is 1. The van der Waals surface area contributed by atoms with Crippen molar-refractivity contribution in [3.8, 4) is 0 Å². The molecule has 0 saturated heterocycles. The van der Waals surface area contributed by atoms with Crippen molar-refractivity contribution in [3.63, 3.8) is 0 Å². The fraction of sp³-hybridized carbons (Fsp3) is 0.333. The number of anilines is 1. The maximum atomic E-state index is 11.1. The number of pyridine rings is 1. The highest BCUT2D eigenvalue weighted by molar-refractivity contribution is 5.97. The summed E-state index contributed by atoms with van der Waals surface area (Å²) in [4.78, 5) is 15.3. The zero-order valence-electron chi connectivity index (χ0n) is 11.2. The van der Waals surface area contributed by atoms with Crippen LogP contribution < -0.4 is 5.32 Å². The van der Waals surface area contributed by atoms with Crippen molar-refractivity contribution in [2.45, 2.75) is 32.7 Å². The van der Waals surface area contributed by atoms with E-state index in [1.165, 1.54) is 0 Å². The van der Waals surface area contributed by atoms with Crippen LogP contribution in [-0.2, 0) is 0 Å². The van der Waals surface area contributed by atoms with E-state index in [4.69, 9.17) is 5.11 Å². The molecule has 0 aliphatic carbocycles. The van der Waals surface area contributed by atoms with E-state index in [9.17, 15) is 4.79 Å². The number of rotatable bonds is 5. The summed E-state index contributed by atoms with van der Waals surface area (Å²) in [7, 11) is 0. The predicted octanol–water partition coefficient (Wildman–Crippen LogP) is 3.53. The molecule has 0 spiro atoms. The topological polar surface area (TPSA) is 62.2 Å². The molecule has 2 N–H and O–H groups in total. The van der Waals surface area contributed by atoms with Gasteiger partial charge < -0.3 is 10.4 Å². The van der Waals surface area contributed by atoms with Gasteiger partial charge >= 0.3 is 5.97 Å². The Morgan fingerprint density at radius 1 is 1.42 bits per heavy atom. The minimum atomic E-state index is -1.00. The van der Waals surface area contributed by atoms with Crippen LogP contribution in [0.5, 0.6) is 0 Å². The van der Waals surface area contributed by atoms with E-state index in [-0.39, 0.29) is 11.7 Å². The quantitative estimate of drug-likeness (QED) is 0.861. The van der Waals surface area contributed by atoms with E-state index in [1.54, 1.807) is 6.07 Å². The molecule has 4 heteroatoms. The van der Waals surface area contributed by atoms with Gasteiger partial charge in [0.1, 0.15) is 5.82 Å². The van der Waals surface area contributed by atoms with Crippen molar-refractivity contribution in [1.29, 1.82) is 0 Å². The fourth-order valence-electron chi connectivity index (χ4n) is 2.16. The summed E-state index contributed by atoms with van der Waals surface area (Å²) in [6.07, 6.45) is 2.10. The van der Waals surface area contributed by atoms with Gasteiger partial charge in [0.2, 0.25) is 0 Å². The second-order valence-corrected chi connectivity index (χ2v) is 4.72. The number of nitrogens with zero attached hydrogens (tertiary/aromatic N) is 1. The lowest BCUT2D eigenvalue weighted by molar-refractivity contribution is 0.0691. The second-order valence-electron chi connectivity index (χ2n) is 4.72. The average Bonchev–Trinajstić information content (AvgIpc) is 2.38. The van der Waals surface area contributed by atoms with Gasteiger partial charge in [-0.15, -0.1) is 0 Å². The maximum absolute atomic E-state index is 11.1. The summed E-state index contributed by atoms with van der Waals surface area (Å²) in [6, 6.07) is 9.55.